The molecule has 3 rings (SSSR count). The number of carbonyl (C=O) groups is 1. The number of amides is 1. The van der Waals surface area contributed by atoms with Gasteiger partial charge in [-0.2, -0.15) is 0 Å². The van der Waals surface area contributed by atoms with Crippen LogP contribution in [-0.4, -0.2) is 22.0 Å². The molecule has 3 aromatic rings. The van der Waals surface area contributed by atoms with E-state index in [1.54, 1.807) is 6.07 Å². The summed E-state index contributed by atoms with van der Waals surface area (Å²) in [5.41, 5.74) is 2.65. The largest absolute Gasteiger partial charge is 0.356 e. The van der Waals surface area contributed by atoms with E-state index in [0.717, 1.165) is 49.1 Å². The van der Waals surface area contributed by atoms with Gasteiger partial charge in [-0.05, 0) is 31.0 Å². The summed E-state index contributed by atoms with van der Waals surface area (Å²) in [6.45, 7) is 3.06. The average Bonchev–Trinajstić information content (AvgIpc) is 3.03. The van der Waals surface area contributed by atoms with Gasteiger partial charge in [0.05, 0.1) is 17.6 Å². The first-order chi connectivity index (χ1) is 13.2. The molecule has 0 aliphatic rings. The Morgan fingerprint density at radius 2 is 1.85 bits per heavy atom. The quantitative estimate of drug-likeness (QED) is 0.568. The van der Waals surface area contributed by atoms with E-state index < -0.39 is 0 Å². The summed E-state index contributed by atoms with van der Waals surface area (Å²) in [5, 5.41) is 2.90. The van der Waals surface area contributed by atoms with Gasteiger partial charge < -0.3 is 9.88 Å². The van der Waals surface area contributed by atoms with Gasteiger partial charge >= 0.3 is 0 Å². The second-order valence-electron chi connectivity index (χ2n) is 6.71. The minimum atomic E-state index is -0.187. The van der Waals surface area contributed by atoms with Crippen molar-refractivity contribution in [2.24, 2.45) is 0 Å². The number of carbonyl (C=O) groups excluding carboxylic acids is 1. The van der Waals surface area contributed by atoms with Crippen molar-refractivity contribution in [1.29, 1.82) is 0 Å². The van der Waals surface area contributed by atoms with Gasteiger partial charge in [0.2, 0.25) is 5.91 Å². The standard InChI is InChI=1S/C22H26FN3O/c1-2-22(27)24-15-9-3-4-14-21-25-19-12-7-8-13-20(19)26(21)16-17-10-5-6-11-18(17)23/h5-8,10-13H,2-4,9,14-16H2,1H3,(H,24,27). The first-order valence-corrected chi connectivity index (χ1v) is 9.63. The Labute approximate surface area is 159 Å². The van der Waals surface area contributed by atoms with E-state index in [1.165, 1.54) is 6.07 Å². The third-order valence-corrected chi connectivity index (χ3v) is 4.74. The Morgan fingerprint density at radius 3 is 2.67 bits per heavy atom. The van der Waals surface area contributed by atoms with Gasteiger partial charge in [0.1, 0.15) is 11.6 Å². The minimum absolute atomic E-state index is 0.0988. The van der Waals surface area contributed by atoms with Crippen LogP contribution in [0.4, 0.5) is 4.39 Å². The molecule has 1 heterocycles. The lowest BCUT2D eigenvalue weighted by molar-refractivity contribution is -0.120. The highest BCUT2D eigenvalue weighted by Crippen LogP contribution is 2.20. The number of aromatic nitrogens is 2. The molecule has 0 bridgehead atoms. The zero-order valence-electron chi connectivity index (χ0n) is 15.7. The lowest BCUT2D eigenvalue weighted by atomic mass is 10.1. The number of unbranched alkanes of at least 4 members (excludes halogenated alkanes) is 2. The fourth-order valence-electron chi connectivity index (χ4n) is 3.23. The summed E-state index contributed by atoms with van der Waals surface area (Å²) in [7, 11) is 0. The van der Waals surface area contributed by atoms with Crippen LogP contribution in [0.15, 0.2) is 48.5 Å². The van der Waals surface area contributed by atoms with Crippen LogP contribution in [0, 0.1) is 5.82 Å². The lowest BCUT2D eigenvalue weighted by Crippen LogP contribution is -2.23. The van der Waals surface area contributed by atoms with Gasteiger partial charge in [0, 0.05) is 24.9 Å². The van der Waals surface area contributed by atoms with Crippen molar-refractivity contribution in [3.05, 3.63) is 65.7 Å². The van der Waals surface area contributed by atoms with E-state index >= 15 is 0 Å². The molecule has 0 aliphatic heterocycles. The zero-order valence-corrected chi connectivity index (χ0v) is 15.7. The molecule has 4 nitrogen and oxygen atoms in total. The minimum Gasteiger partial charge on any atom is -0.356 e. The van der Waals surface area contributed by atoms with Crippen LogP contribution in [0.1, 0.15) is 44.0 Å². The number of aryl methyl sites for hydroxylation is 1. The number of hydrogen-bond acceptors (Lipinski definition) is 2. The summed E-state index contributed by atoms with van der Waals surface area (Å²) in [5.74, 6) is 0.895. The van der Waals surface area contributed by atoms with Crippen molar-refractivity contribution >= 4 is 16.9 Å². The number of fused-ring (bicyclic) bond motifs is 1. The molecule has 142 valence electrons. The van der Waals surface area contributed by atoms with Gasteiger partial charge in [0.15, 0.2) is 0 Å². The molecule has 0 atom stereocenters. The number of para-hydroxylation sites is 2. The number of rotatable bonds is 9. The fraction of sp³-hybridized carbons (Fsp3) is 0.364. The number of imidazole rings is 1. The summed E-state index contributed by atoms with van der Waals surface area (Å²) >= 11 is 0. The number of nitrogens with one attached hydrogen (secondary N) is 1. The van der Waals surface area contributed by atoms with Crippen LogP contribution in [0.3, 0.4) is 0 Å². The maximum absolute atomic E-state index is 14.1. The number of hydrogen-bond donors (Lipinski definition) is 1. The second-order valence-corrected chi connectivity index (χ2v) is 6.71. The van der Waals surface area contributed by atoms with Crippen LogP contribution in [0.2, 0.25) is 0 Å². The molecule has 0 aliphatic carbocycles. The molecule has 5 heteroatoms. The smallest absolute Gasteiger partial charge is 0.219 e. The molecular formula is C22H26FN3O. The van der Waals surface area contributed by atoms with Crippen molar-refractivity contribution in [2.45, 2.75) is 45.6 Å². The Morgan fingerprint density at radius 1 is 1.07 bits per heavy atom. The number of benzene rings is 2. The van der Waals surface area contributed by atoms with Crippen molar-refractivity contribution in [3.63, 3.8) is 0 Å². The van der Waals surface area contributed by atoms with Crippen molar-refractivity contribution in [3.8, 4) is 0 Å². The summed E-state index contributed by atoms with van der Waals surface area (Å²) in [4.78, 5) is 16.0. The van der Waals surface area contributed by atoms with Crippen molar-refractivity contribution < 1.29 is 9.18 Å². The van der Waals surface area contributed by atoms with E-state index in [1.807, 2.05) is 43.3 Å². The summed E-state index contributed by atoms with van der Waals surface area (Å²) in [6, 6.07) is 14.9. The molecule has 0 unspecified atom stereocenters. The molecule has 0 spiro atoms. The number of halogens is 1. The first-order valence-electron chi connectivity index (χ1n) is 9.63. The van der Waals surface area contributed by atoms with Gasteiger partial charge in [-0.25, -0.2) is 9.37 Å². The Hall–Kier alpha value is -2.69. The van der Waals surface area contributed by atoms with Crippen molar-refractivity contribution in [1.82, 2.24) is 14.9 Å². The summed E-state index contributed by atoms with van der Waals surface area (Å²) in [6.07, 6.45) is 4.33. The molecule has 0 saturated heterocycles. The SMILES string of the molecule is CCC(=O)NCCCCCc1nc2ccccc2n1Cc1ccccc1F. The molecule has 1 aromatic heterocycles. The molecule has 0 radical (unpaired) electrons. The Kier molecular flexibility index (Phi) is 6.58. The number of nitrogens with zero attached hydrogens (tertiary/aromatic N) is 2. The van der Waals surface area contributed by atoms with Gasteiger partial charge in [-0.1, -0.05) is 43.7 Å². The highest BCUT2D eigenvalue weighted by molar-refractivity contribution is 5.76. The predicted molar refractivity (Wildman–Crippen MR) is 106 cm³/mol. The van der Waals surface area contributed by atoms with Crippen LogP contribution in [0.25, 0.3) is 11.0 Å². The highest BCUT2D eigenvalue weighted by Gasteiger charge is 2.12. The monoisotopic (exact) mass is 367 g/mol. The second kappa shape index (κ2) is 9.31. The summed E-state index contributed by atoms with van der Waals surface area (Å²) < 4.78 is 16.2. The van der Waals surface area contributed by atoms with E-state index in [9.17, 15) is 9.18 Å². The molecule has 0 fully saturated rings. The average molecular weight is 367 g/mol. The Bertz CT molecular complexity index is 903. The van der Waals surface area contributed by atoms with Crippen LogP contribution in [0.5, 0.6) is 0 Å². The molecule has 27 heavy (non-hydrogen) atoms. The first kappa shape index (κ1) is 19.1. The maximum atomic E-state index is 14.1. The Balaban J connectivity index is 1.68. The van der Waals surface area contributed by atoms with E-state index in [-0.39, 0.29) is 11.7 Å². The molecule has 2 aromatic carbocycles. The maximum Gasteiger partial charge on any atom is 0.219 e. The normalized spacial score (nSPS) is 11.0. The van der Waals surface area contributed by atoms with Gasteiger partial charge in [-0.15, -0.1) is 0 Å². The lowest BCUT2D eigenvalue weighted by Gasteiger charge is -2.10. The molecule has 1 N–H and O–H groups in total. The van der Waals surface area contributed by atoms with Gasteiger partial charge in [-0.3, -0.25) is 4.79 Å². The van der Waals surface area contributed by atoms with Crippen LogP contribution in [-0.2, 0) is 17.8 Å². The topological polar surface area (TPSA) is 46.9 Å². The fourth-order valence-corrected chi connectivity index (χ4v) is 3.23. The van der Waals surface area contributed by atoms with Crippen LogP contribution >= 0.6 is 0 Å². The third-order valence-electron chi connectivity index (χ3n) is 4.74. The van der Waals surface area contributed by atoms with Crippen molar-refractivity contribution in [2.75, 3.05) is 6.54 Å². The zero-order chi connectivity index (χ0) is 19.1. The van der Waals surface area contributed by atoms with E-state index in [0.29, 0.717) is 18.5 Å². The highest BCUT2D eigenvalue weighted by atomic mass is 19.1. The third kappa shape index (κ3) is 4.94. The van der Waals surface area contributed by atoms with Crippen LogP contribution < -0.4 is 5.32 Å². The predicted octanol–water partition coefficient (Wildman–Crippen LogP) is 4.46. The van der Waals surface area contributed by atoms with E-state index in [4.69, 9.17) is 4.98 Å². The molecule has 0 saturated carbocycles. The van der Waals surface area contributed by atoms with Gasteiger partial charge in [0.25, 0.3) is 0 Å². The molecule has 1 amide bonds. The van der Waals surface area contributed by atoms with E-state index in [2.05, 4.69) is 9.88 Å². The molecular weight excluding hydrogens is 341 g/mol.